The smallest absolute Gasteiger partial charge is 0.245 e. The van der Waals surface area contributed by atoms with E-state index in [1.807, 2.05) is 6.07 Å². The summed E-state index contributed by atoms with van der Waals surface area (Å²) in [7, 11) is -3.65. The maximum atomic E-state index is 13.5. The minimum absolute atomic E-state index is 0.115. The average molecular weight is 448 g/mol. The normalized spacial score (nSPS) is 18.1. The van der Waals surface area contributed by atoms with E-state index >= 15 is 0 Å². The van der Waals surface area contributed by atoms with Crippen molar-refractivity contribution in [1.82, 2.24) is 9.80 Å². The molecule has 0 atom stereocenters. The summed E-state index contributed by atoms with van der Waals surface area (Å²) in [6, 6.07) is 23.9. The lowest BCUT2D eigenvalue weighted by Crippen LogP contribution is -2.49. The lowest BCUT2D eigenvalue weighted by molar-refractivity contribution is -0.119. The highest BCUT2D eigenvalue weighted by molar-refractivity contribution is 7.92. The monoisotopic (exact) mass is 447 g/mol. The summed E-state index contributed by atoms with van der Waals surface area (Å²) in [5, 5.41) is 0. The molecule has 0 bridgehead atoms. The molecule has 6 nitrogen and oxygen atoms in total. The van der Waals surface area contributed by atoms with E-state index in [-0.39, 0.29) is 22.2 Å². The summed E-state index contributed by atoms with van der Waals surface area (Å²) >= 11 is 0. The number of benzene rings is 3. The van der Waals surface area contributed by atoms with Crippen LogP contribution >= 0.6 is 0 Å². The molecule has 0 unspecified atom stereocenters. The van der Waals surface area contributed by atoms with Gasteiger partial charge in [0, 0.05) is 32.7 Å². The first-order valence-electron chi connectivity index (χ1n) is 10.8. The van der Waals surface area contributed by atoms with Gasteiger partial charge in [0.15, 0.2) is 0 Å². The highest BCUT2D eigenvalue weighted by atomic mass is 32.2. The van der Waals surface area contributed by atoms with Gasteiger partial charge in [0.05, 0.1) is 27.7 Å². The first-order chi connectivity index (χ1) is 15.5. The third-order valence-electron chi connectivity index (χ3n) is 6.11. The fourth-order valence-electron chi connectivity index (χ4n) is 4.46. The lowest BCUT2D eigenvalue weighted by Gasteiger charge is -2.36. The highest BCUT2D eigenvalue weighted by Gasteiger charge is 2.37. The summed E-state index contributed by atoms with van der Waals surface area (Å²) in [5.41, 5.74) is 2.15. The number of piperazine rings is 1. The van der Waals surface area contributed by atoms with Gasteiger partial charge in [-0.1, -0.05) is 54.6 Å². The Morgan fingerprint density at radius 3 is 1.78 bits per heavy atom. The summed E-state index contributed by atoms with van der Waals surface area (Å²) in [6.07, 6.45) is 0. The van der Waals surface area contributed by atoms with Crippen LogP contribution in [0, 0.1) is 0 Å². The van der Waals surface area contributed by atoms with Gasteiger partial charge in [-0.25, -0.2) is 8.42 Å². The van der Waals surface area contributed by atoms with Gasteiger partial charge in [-0.15, -0.1) is 0 Å². The molecule has 3 aromatic carbocycles. The van der Waals surface area contributed by atoms with E-state index in [1.54, 1.807) is 53.4 Å². The Bertz CT molecular complexity index is 1180. The van der Waals surface area contributed by atoms with Crippen LogP contribution in [0.2, 0.25) is 0 Å². The second-order valence-corrected chi connectivity index (χ2v) is 10.1. The first-order valence-corrected chi connectivity index (χ1v) is 12.3. The average Bonchev–Trinajstić information content (AvgIpc) is 2.81. The Labute approximate surface area is 188 Å². The largest absolute Gasteiger partial charge is 0.297 e. The molecule has 2 aliphatic rings. The first kappa shape index (κ1) is 20.9. The molecular weight excluding hydrogens is 422 g/mol. The van der Waals surface area contributed by atoms with Gasteiger partial charge in [0.1, 0.15) is 0 Å². The zero-order valence-electron chi connectivity index (χ0n) is 17.7. The Kier molecular flexibility index (Phi) is 5.55. The van der Waals surface area contributed by atoms with Gasteiger partial charge in [-0.2, -0.15) is 0 Å². The molecule has 2 aliphatic heterocycles. The molecule has 32 heavy (non-hydrogen) atoms. The Morgan fingerprint density at radius 2 is 1.19 bits per heavy atom. The number of sulfone groups is 1. The summed E-state index contributed by atoms with van der Waals surface area (Å²) in [5.74, 6) is -0.115. The molecule has 0 saturated carbocycles. The van der Waals surface area contributed by atoms with Crippen LogP contribution < -0.4 is 4.90 Å². The second-order valence-electron chi connectivity index (χ2n) is 8.21. The van der Waals surface area contributed by atoms with E-state index in [2.05, 4.69) is 34.1 Å². The predicted molar refractivity (Wildman–Crippen MR) is 124 cm³/mol. The topological polar surface area (TPSA) is 60.9 Å². The van der Waals surface area contributed by atoms with E-state index in [9.17, 15) is 13.2 Å². The Hall–Kier alpha value is -3.00. The van der Waals surface area contributed by atoms with E-state index in [1.165, 1.54) is 5.56 Å². The molecule has 3 aromatic rings. The van der Waals surface area contributed by atoms with Crippen LogP contribution in [0.25, 0.3) is 0 Å². The van der Waals surface area contributed by atoms with Crippen molar-refractivity contribution in [1.29, 1.82) is 0 Å². The van der Waals surface area contributed by atoms with Crippen LogP contribution in [-0.4, -0.2) is 56.8 Å². The molecule has 0 radical (unpaired) electrons. The molecule has 1 saturated heterocycles. The molecular formula is C25H25N3O3S. The SMILES string of the molecule is O=C(CN1CCN(Cc2ccccc2)CC1)N1c2ccccc2S(=O)(=O)c2ccccc21. The number of nitrogens with zero attached hydrogens (tertiary/aromatic N) is 3. The number of rotatable bonds is 4. The van der Waals surface area contributed by atoms with Crippen molar-refractivity contribution < 1.29 is 13.2 Å². The Balaban J connectivity index is 1.33. The van der Waals surface area contributed by atoms with Gasteiger partial charge >= 0.3 is 0 Å². The number of hydrogen-bond acceptors (Lipinski definition) is 5. The predicted octanol–water partition coefficient (Wildman–Crippen LogP) is 3.32. The minimum Gasteiger partial charge on any atom is -0.297 e. The molecule has 0 spiro atoms. The summed E-state index contributed by atoms with van der Waals surface area (Å²) in [4.78, 5) is 19.9. The fraction of sp³-hybridized carbons (Fsp3) is 0.240. The van der Waals surface area contributed by atoms with Gasteiger partial charge in [-0.3, -0.25) is 19.5 Å². The van der Waals surface area contributed by atoms with Gasteiger partial charge in [0.2, 0.25) is 15.7 Å². The van der Waals surface area contributed by atoms with Crippen LogP contribution in [0.4, 0.5) is 11.4 Å². The molecule has 0 N–H and O–H groups in total. The van der Waals surface area contributed by atoms with E-state index in [4.69, 9.17) is 0 Å². The van der Waals surface area contributed by atoms with Crippen molar-refractivity contribution in [3.05, 3.63) is 84.4 Å². The van der Waals surface area contributed by atoms with Gasteiger partial charge in [-0.05, 0) is 29.8 Å². The molecule has 2 heterocycles. The number of carbonyl (C=O) groups is 1. The van der Waals surface area contributed by atoms with E-state index in [0.717, 1.165) is 32.7 Å². The second kappa shape index (κ2) is 8.50. The summed E-state index contributed by atoms with van der Waals surface area (Å²) < 4.78 is 26.2. The molecule has 0 aromatic heterocycles. The molecule has 1 amide bonds. The van der Waals surface area contributed by atoms with Crippen molar-refractivity contribution in [2.75, 3.05) is 37.6 Å². The van der Waals surface area contributed by atoms with Crippen LogP contribution in [0.15, 0.2) is 88.7 Å². The quantitative estimate of drug-likeness (QED) is 0.614. The van der Waals surface area contributed by atoms with Crippen LogP contribution in [0.3, 0.4) is 0 Å². The van der Waals surface area contributed by atoms with Gasteiger partial charge in [0.25, 0.3) is 0 Å². The molecule has 0 aliphatic carbocycles. The van der Waals surface area contributed by atoms with Crippen molar-refractivity contribution in [3.8, 4) is 0 Å². The highest BCUT2D eigenvalue weighted by Crippen LogP contribution is 2.43. The molecule has 164 valence electrons. The van der Waals surface area contributed by atoms with Crippen LogP contribution in [0.5, 0.6) is 0 Å². The van der Waals surface area contributed by atoms with Crippen LogP contribution in [-0.2, 0) is 21.2 Å². The number of anilines is 2. The van der Waals surface area contributed by atoms with Crippen molar-refractivity contribution >= 4 is 27.1 Å². The number of fused-ring (bicyclic) bond motifs is 2. The van der Waals surface area contributed by atoms with Crippen molar-refractivity contribution in [3.63, 3.8) is 0 Å². The lowest BCUT2D eigenvalue weighted by atomic mass is 10.2. The number of carbonyl (C=O) groups excluding carboxylic acids is 1. The maximum Gasteiger partial charge on any atom is 0.245 e. The third-order valence-corrected chi connectivity index (χ3v) is 7.96. The zero-order chi connectivity index (χ0) is 22.1. The maximum absolute atomic E-state index is 13.5. The number of amides is 1. The minimum atomic E-state index is -3.65. The molecule has 7 heteroatoms. The van der Waals surface area contributed by atoms with E-state index < -0.39 is 9.84 Å². The molecule has 5 rings (SSSR count). The third kappa shape index (κ3) is 3.83. The zero-order valence-corrected chi connectivity index (χ0v) is 18.5. The van der Waals surface area contributed by atoms with Crippen LogP contribution in [0.1, 0.15) is 5.56 Å². The van der Waals surface area contributed by atoms with E-state index in [0.29, 0.717) is 11.4 Å². The molecule has 1 fully saturated rings. The van der Waals surface area contributed by atoms with Crippen molar-refractivity contribution in [2.24, 2.45) is 0 Å². The fourth-order valence-corrected chi connectivity index (χ4v) is 6.09. The Morgan fingerprint density at radius 1 is 0.688 bits per heavy atom. The van der Waals surface area contributed by atoms with Gasteiger partial charge < -0.3 is 0 Å². The number of para-hydroxylation sites is 2. The van der Waals surface area contributed by atoms with Crippen molar-refractivity contribution in [2.45, 2.75) is 16.3 Å². The number of hydrogen-bond donors (Lipinski definition) is 0. The standard InChI is InChI=1S/C25H25N3O3S/c29-25(19-27-16-14-26(15-17-27)18-20-8-2-1-3-9-20)28-21-10-4-6-12-23(21)32(30,31)24-13-7-5-11-22(24)28/h1-13H,14-19H2. The summed E-state index contributed by atoms with van der Waals surface area (Å²) in [6.45, 7) is 4.55.